The zero-order valence-corrected chi connectivity index (χ0v) is 14.8. The van der Waals surface area contributed by atoms with E-state index < -0.39 is 15.9 Å². The summed E-state index contributed by atoms with van der Waals surface area (Å²) in [5, 5.41) is 3.17. The second-order valence-corrected chi connectivity index (χ2v) is 7.54. The first-order chi connectivity index (χ1) is 10.1. The van der Waals surface area contributed by atoms with Crippen molar-refractivity contribution in [3.05, 3.63) is 28.2 Å². The zero-order valence-electron chi connectivity index (χ0n) is 12.5. The van der Waals surface area contributed by atoms with E-state index in [0.29, 0.717) is 11.6 Å². The predicted molar refractivity (Wildman–Crippen MR) is 88.1 cm³/mol. The Balaban J connectivity index is 2.98. The van der Waals surface area contributed by atoms with Crippen LogP contribution in [-0.4, -0.2) is 46.9 Å². The van der Waals surface area contributed by atoms with Crippen LogP contribution in [0.5, 0.6) is 0 Å². The van der Waals surface area contributed by atoms with Crippen molar-refractivity contribution >= 4 is 44.8 Å². The molecule has 1 aromatic carbocycles. The molecule has 0 heterocycles. The number of nitrogens with one attached hydrogen (secondary N) is 1. The van der Waals surface area contributed by atoms with Crippen molar-refractivity contribution in [3.63, 3.8) is 0 Å². The maximum Gasteiger partial charge on any atom is 0.241 e. The zero-order chi connectivity index (χ0) is 16.9. The number of benzene rings is 1. The number of anilines is 1. The molecule has 22 heavy (non-hydrogen) atoms. The molecular formula is C13H18Cl2N2O4S. The van der Waals surface area contributed by atoms with Crippen LogP contribution in [0, 0.1) is 0 Å². The number of carbonyl (C=O) groups excluding carboxylic acids is 1. The summed E-state index contributed by atoms with van der Waals surface area (Å²) < 4.78 is 29.7. The number of rotatable bonds is 7. The van der Waals surface area contributed by atoms with Crippen molar-refractivity contribution in [1.82, 2.24) is 5.32 Å². The smallest absolute Gasteiger partial charge is 0.241 e. The summed E-state index contributed by atoms with van der Waals surface area (Å²) in [6, 6.07) is 4.14. The van der Waals surface area contributed by atoms with Crippen molar-refractivity contribution in [2.75, 3.05) is 30.8 Å². The Morgan fingerprint density at radius 1 is 1.41 bits per heavy atom. The molecule has 1 rings (SSSR count). The fourth-order valence-corrected chi connectivity index (χ4v) is 3.24. The molecule has 0 unspecified atom stereocenters. The third-order valence-electron chi connectivity index (χ3n) is 2.69. The van der Waals surface area contributed by atoms with Crippen LogP contribution < -0.4 is 9.62 Å². The fraction of sp³-hybridized carbons (Fsp3) is 0.462. The van der Waals surface area contributed by atoms with E-state index >= 15 is 0 Å². The highest BCUT2D eigenvalue weighted by Crippen LogP contribution is 2.30. The molecule has 0 spiro atoms. The molecule has 0 saturated carbocycles. The van der Waals surface area contributed by atoms with Gasteiger partial charge in [-0.3, -0.25) is 9.10 Å². The molecule has 0 aliphatic carbocycles. The van der Waals surface area contributed by atoms with Crippen LogP contribution in [0.2, 0.25) is 10.0 Å². The highest BCUT2D eigenvalue weighted by Gasteiger charge is 2.23. The molecule has 124 valence electrons. The van der Waals surface area contributed by atoms with E-state index in [4.69, 9.17) is 27.9 Å². The Morgan fingerprint density at radius 2 is 2.05 bits per heavy atom. The van der Waals surface area contributed by atoms with Gasteiger partial charge in [0.15, 0.2) is 0 Å². The molecule has 1 amide bonds. The maximum absolute atomic E-state index is 12.0. The van der Waals surface area contributed by atoms with E-state index in [-0.39, 0.29) is 23.3 Å². The Labute approximate surface area is 140 Å². The number of sulfonamides is 1. The van der Waals surface area contributed by atoms with Crippen LogP contribution in [0.15, 0.2) is 18.2 Å². The molecule has 0 saturated heterocycles. The quantitative estimate of drug-likeness (QED) is 0.797. The van der Waals surface area contributed by atoms with Gasteiger partial charge in [-0.15, -0.1) is 0 Å². The van der Waals surface area contributed by atoms with Crippen molar-refractivity contribution in [2.24, 2.45) is 0 Å². The summed E-state index contributed by atoms with van der Waals surface area (Å²) in [5.74, 6) is -0.457. The van der Waals surface area contributed by atoms with Gasteiger partial charge in [0.05, 0.1) is 23.6 Å². The first-order valence-corrected chi connectivity index (χ1v) is 8.96. The number of hydrogen-bond donors (Lipinski definition) is 1. The number of methoxy groups -OCH3 is 1. The van der Waals surface area contributed by atoms with Crippen LogP contribution in [-0.2, 0) is 19.6 Å². The standard InChI is InChI=1S/C13H18Cl2N2O4S/c1-9(8-21-2)16-13(18)7-17(22(3,19)20)12-5-4-10(14)6-11(12)15/h4-6,9H,7-8H2,1-3H3,(H,16,18)/t9-/m0/s1. The lowest BCUT2D eigenvalue weighted by Crippen LogP contribution is -2.44. The van der Waals surface area contributed by atoms with Crippen LogP contribution in [0.3, 0.4) is 0 Å². The van der Waals surface area contributed by atoms with Crippen molar-refractivity contribution in [3.8, 4) is 0 Å². The monoisotopic (exact) mass is 368 g/mol. The summed E-state index contributed by atoms with van der Waals surface area (Å²) >= 11 is 11.8. The summed E-state index contributed by atoms with van der Waals surface area (Å²) in [5.41, 5.74) is 0.197. The number of amides is 1. The molecule has 1 aromatic rings. The van der Waals surface area contributed by atoms with Crippen molar-refractivity contribution in [2.45, 2.75) is 13.0 Å². The lowest BCUT2D eigenvalue weighted by molar-refractivity contribution is -0.120. The first kappa shape index (κ1) is 19.0. The van der Waals surface area contributed by atoms with Crippen LogP contribution >= 0.6 is 23.2 Å². The normalized spacial score (nSPS) is 12.8. The highest BCUT2D eigenvalue weighted by atomic mass is 35.5. The predicted octanol–water partition coefficient (Wildman–Crippen LogP) is 1.91. The number of nitrogens with zero attached hydrogens (tertiary/aromatic N) is 1. The molecule has 1 N–H and O–H groups in total. The van der Waals surface area contributed by atoms with Gasteiger partial charge < -0.3 is 10.1 Å². The number of ether oxygens (including phenoxy) is 1. The fourth-order valence-electron chi connectivity index (χ4n) is 1.81. The van der Waals surface area contributed by atoms with Gasteiger partial charge in [0.1, 0.15) is 6.54 Å². The van der Waals surface area contributed by atoms with Gasteiger partial charge in [0.2, 0.25) is 15.9 Å². The first-order valence-electron chi connectivity index (χ1n) is 6.36. The molecule has 0 aliphatic rings. The summed E-state index contributed by atoms with van der Waals surface area (Å²) in [7, 11) is -2.17. The topological polar surface area (TPSA) is 75.7 Å². The average Bonchev–Trinajstić information content (AvgIpc) is 2.35. The largest absolute Gasteiger partial charge is 0.383 e. The van der Waals surface area contributed by atoms with E-state index in [1.54, 1.807) is 6.92 Å². The Kier molecular flexibility index (Phi) is 6.93. The molecule has 0 radical (unpaired) electrons. The number of halogens is 2. The van der Waals surface area contributed by atoms with Crippen molar-refractivity contribution in [1.29, 1.82) is 0 Å². The van der Waals surface area contributed by atoms with Gasteiger partial charge in [-0.2, -0.15) is 0 Å². The summed E-state index contributed by atoms with van der Waals surface area (Å²) in [6.45, 7) is 1.70. The number of carbonyl (C=O) groups is 1. The molecule has 0 aliphatic heterocycles. The van der Waals surface area contributed by atoms with E-state index in [1.807, 2.05) is 0 Å². The Morgan fingerprint density at radius 3 is 2.55 bits per heavy atom. The Bertz CT molecular complexity index is 637. The van der Waals surface area contributed by atoms with Crippen LogP contribution in [0.4, 0.5) is 5.69 Å². The second-order valence-electron chi connectivity index (χ2n) is 4.79. The van der Waals surface area contributed by atoms with Gasteiger partial charge in [-0.25, -0.2) is 8.42 Å². The average molecular weight is 369 g/mol. The van der Waals surface area contributed by atoms with E-state index in [0.717, 1.165) is 10.6 Å². The lowest BCUT2D eigenvalue weighted by atomic mass is 10.3. The Hall–Kier alpha value is -1.02. The van der Waals surface area contributed by atoms with Gasteiger partial charge in [0, 0.05) is 18.2 Å². The minimum atomic E-state index is -3.68. The third kappa shape index (κ3) is 5.64. The molecule has 0 aromatic heterocycles. The highest BCUT2D eigenvalue weighted by molar-refractivity contribution is 7.92. The number of hydrogen-bond acceptors (Lipinski definition) is 4. The van der Waals surface area contributed by atoms with Gasteiger partial charge >= 0.3 is 0 Å². The van der Waals surface area contributed by atoms with E-state index in [2.05, 4.69) is 5.32 Å². The van der Waals surface area contributed by atoms with Crippen LogP contribution in [0.25, 0.3) is 0 Å². The minimum absolute atomic E-state index is 0.149. The molecule has 1 atom stereocenters. The molecule has 6 nitrogen and oxygen atoms in total. The SMILES string of the molecule is COC[C@H](C)NC(=O)CN(c1ccc(Cl)cc1Cl)S(C)(=O)=O. The van der Waals surface area contributed by atoms with Gasteiger partial charge in [0.25, 0.3) is 0 Å². The van der Waals surface area contributed by atoms with Gasteiger partial charge in [-0.05, 0) is 25.1 Å². The van der Waals surface area contributed by atoms with E-state index in [9.17, 15) is 13.2 Å². The maximum atomic E-state index is 12.0. The molecule has 0 bridgehead atoms. The minimum Gasteiger partial charge on any atom is -0.383 e. The van der Waals surface area contributed by atoms with Crippen LogP contribution in [0.1, 0.15) is 6.92 Å². The van der Waals surface area contributed by atoms with E-state index in [1.165, 1.54) is 25.3 Å². The second kappa shape index (κ2) is 8.01. The molecule has 9 heteroatoms. The molecule has 0 fully saturated rings. The molecular weight excluding hydrogens is 351 g/mol. The summed E-state index contributed by atoms with van der Waals surface area (Å²) in [4.78, 5) is 12.0. The third-order valence-corrected chi connectivity index (χ3v) is 4.35. The summed E-state index contributed by atoms with van der Waals surface area (Å²) in [6.07, 6.45) is 1.00. The van der Waals surface area contributed by atoms with Gasteiger partial charge in [-0.1, -0.05) is 23.2 Å². The lowest BCUT2D eigenvalue weighted by Gasteiger charge is -2.24. The van der Waals surface area contributed by atoms with Crippen molar-refractivity contribution < 1.29 is 17.9 Å².